The van der Waals surface area contributed by atoms with Crippen LogP contribution in [0.25, 0.3) is 0 Å². The first-order valence-electron chi connectivity index (χ1n) is 8.28. The normalized spacial score (nSPS) is 12.3. The molecule has 2 N–H and O–H groups in total. The quantitative estimate of drug-likeness (QED) is 0.756. The third kappa shape index (κ3) is 6.69. The molecule has 2 aromatic rings. The van der Waals surface area contributed by atoms with Gasteiger partial charge in [0.2, 0.25) is 5.91 Å². The summed E-state index contributed by atoms with van der Waals surface area (Å²) in [7, 11) is 0. The Morgan fingerprint density at radius 3 is 2.42 bits per heavy atom. The van der Waals surface area contributed by atoms with E-state index in [2.05, 4.69) is 10.6 Å². The molecule has 0 aliphatic heterocycles. The molecule has 0 bridgehead atoms. The molecular formula is C19H23ClN2O3S. The van der Waals surface area contributed by atoms with E-state index >= 15 is 0 Å². The van der Waals surface area contributed by atoms with Crippen LogP contribution in [0.15, 0.2) is 41.1 Å². The van der Waals surface area contributed by atoms with Gasteiger partial charge in [0.25, 0.3) is 0 Å². The number of thiophene rings is 1. The Bertz CT molecular complexity index is 724. The van der Waals surface area contributed by atoms with E-state index in [4.69, 9.17) is 16.3 Å². The van der Waals surface area contributed by atoms with Crippen LogP contribution in [-0.2, 0) is 9.53 Å². The molecule has 0 saturated heterocycles. The highest BCUT2D eigenvalue weighted by Crippen LogP contribution is 2.25. The molecule has 1 aromatic carbocycles. The van der Waals surface area contributed by atoms with E-state index in [-0.39, 0.29) is 24.9 Å². The lowest BCUT2D eigenvalue weighted by Crippen LogP contribution is -2.36. The van der Waals surface area contributed by atoms with Crippen LogP contribution in [0.4, 0.5) is 4.79 Å². The Morgan fingerprint density at radius 1 is 1.15 bits per heavy atom. The third-order valence-corrected chi connectivity index (χ3v) is 4.36. The van der Waals surface area contributed by atoms with Crippen molar-refractivity contribution in [3.05, 3.63) is 57.2 Å². The molecule has 0 radical (unpaired) electrons. The average Bonchev–Trinajstić information content (AvgIpc) is 3.06. The lowest BCUT2D eigenvalue weighted by atomic mass is 10.0. The summed E-state index contributed by atoms with van der Waals surface area (Å²) in [6, 6.07) is 9.10. The maximum Gasteiger partial charge on any atom is 0.407 e. The van der Waals surface area contributed by atoms with E-state index < -0.39 is 11.7 Å². The largest absolute Gasteiger partial charge is 0.444 e. The van der Waals surface area contributed by atoms with Gasteiger partial charge in [-0.1, -0.05) is 23.7 Å². The molecule has 5 nitrogen and oxygen atoms in total. The Hall–Kier alpha value is -2.05. The second-order valence-corrected chi connectivity index (χ2v) is 8.00. The number of ether oxygens (including phenoxy) is 1. The molecule has 26 heavy (non-hydrogen) atoms. The smallest absolute Gasteiger partial charge is 0.407 e. The number of alkyl carbamates (subject to hydrolysis) is 1. The number of hydrogen-bond donors (Lipinski definition) is 2. The lowest BCUT2D eigenvalue weighted by molar-refractivity contribution is -0.121. The molecular weight excluding hydrogens is 372 g/mol. The van der Waals surface area contributed by atoms with Crippen LogP contribution in [0, 0.1) is 0 Å². The molecule has 1 unspecified atom stereocenters. The molecule has 1 aromatic heterocycles. The SMILES string of the molecule is CC(C)(C)OC(=O)NCCC(=O)NC(c1ccc(Cl)cc1)c1ccsc1. The van der Waals surface area contributed by atoms with Crippen molar-refractivity contribution in [2.75, 3.05) is 6.54 Å². The highest BCUT2D eigenvalue weighted by molar-refractivity contribution is 7.08. The topological polar surface area (TPSA) is 67.4 Å². The van der Waals surface area contributed by atoms with E-state index in [1.54, 1.807) is 44.2 Å². The monoisotopic (exact) mass is 394 g/mol. The van der Waals surface area contributed by atoms with Crippen LogP contribution in [0.5, 0.6) is 0 Å². The van der Waals surface area contributed by atoms with Crippen molar-refractivity contribution >= 4 is 34.9 Å². The Balaban J connectivity index is 1.93. The highest BCUT2D eigenvalue weighted by atomic mass is 35.5. The molecule has 0 spiro atoms. The number of carbonyl (C=O) groups excluding carboxylic acids is 2. The van der Waals surface area contributed by atoms with Gasteiger partial charge in [-0.3, -0.25) is 4.79 Å². The van der Waals surface area contributed by atoms with Crippen molar-refractivity contribution in [2.45, 2.75) is 38.8 Å². The van der Waals surface area contributed by atoms with Crippen molar-refractivity contribution < 1.29 is 14.3 Å². The highest BCUT2D eigenvalue weighted by Gasteiger charge is 2.19. The minimum atomic E-state index is -0.565. The number of halogens is 1. The van der Waals surface area contributed by atoms with E-state index in [1.807, 2.05) is 29.0 Å². The number of benzene rings is 1. The Kier molecular flexibility index (Phi) is 7.06. The van der Waals surface area contributed by atoms with Gasteiger partial charge >= 0.3 is 6.09 Å². The summed E-state index contributed by atoms with van der Waals surface area (Å²) in [5, 5.41) is 10.2. The van der Waals surface area contributed by atoms with Gasteiger partial charge in [-0.15, -0.1) is 0 Å². The van der Waals surface area contributed by atoms with Gasteiger partial charge in [-0.25, -0.2) is 4.79 Å². The van der Waals surface area contributed by atoms with Gasteiger partial charge < -0.3 is 15.4 Å². The van der Waals surface area contributed by atoms with Crippen molar-refractivity contribution in [3.8, 4) is 0 Å². The number of rotatable bonds is 6. The van der Waals surface area contributed by atoms with Crippen molar-refractivity contribution in [3.63, 3.8) is 0 Å². The summed E-state index contributed by atoms with van der Waals surface area (Å²) < 4.78 is 5.15. The maximum atomic E-state index is 12.3. The zero-order valence-corrected chi connectivity index (χ0v) is 16.6. The minimum Gasteiger partial charge on any atom is -0.444 e. The Morgan fingerprint density at radius 2 is 1.85 bits per heavy atom. The summed E-state index contributed by atoms with van der Waals surface area (Å²) in [6.07, 6.45) is -0.370. The van der Waals surface area contributed by atoms with E-state index in [1.165, 1.54) is 0 Å². The van der Waals surface area contributed by atoms with Crippen LogP contribution in [0.3, 0.4) is 0 Å². The van der Waals surface area contributed by atoms with Crippen LogP contribution in [-0.4, -0.2) is 24.1 Å². The average molecular weight is 395 g/mol. The standard InChI is InChI=1S/C19H23ClN2O3S/c1-19(2,3)25-18(24)21-10-8-16(23)22-17(14-9-11-26-12-14)13-4-6-15(20)7-5-13/h4-7,9,11-12,17H,8,10H2,1-3H3,(H,21,24)(H,22,23). The van der Waals surface area contributed by atoms with Crippen molar-refractivity contribution in [1.29, 1.82) is 0 Å². The first-order chi connectivity index (χ1) is 12.2. The summed E-state index contributed by atoms with van der Waals surface area (Å²) in [6.45, 7) is 5.57. The predicted molar refractivity (Wildman–Crippen MR) is 105 cm³/mol. The van der Waals surface area contributed by atoms with Gasteiger partial charge in [0.1, 0.15) is 5.60 Å². The molecule has 0 fully saturated rings. The van der Waals surface area contributed by atoms with Crippen molar-refractivity contribution in [1.82, 2.24) is 10.6 Å². The molecule has 7 heteroatoms. The molecule has 0 aliphatic carbocycles. The number of hydrogen-bond acceptors (Lipinski definition) is 4. The van der Waals surface area contributed by atoms with Gasteiger partial charge in [0, 0.05) is 18.0 Å². The van der Waals surface area contributed by atoms with Crippen LogP contribution >= 0.6 is 22.9 Å². The zero-order valence-electron chi connectivity index (χ0n) is 15.0. The molecule has 2 amide bonds. The number of carbonyl (C=O) groups is 2. The maximum absolute atomic E-state index is 12.3. The van der Waals surface area contributed by atoms with Gasteiger partial charge in [-0.2, -0.15) is 11.3 Å². The molecule has 1 atom stereocenters. The van der Waals surface area contributed by atoms with Crippen LogP contribution in [0.2, 0.25) is 5.02 Å². The summed E-state index contributed by atoms with van der Waals surface area (Å²) in [4.78, 5) is 24.0. The van der Waals surface area contributed by atoms with Gasteiger partial charge in [-0.05, 0) is 60.9 Å². The van der Waals surface area contributed by atoms with Crippen LogP contribution < -0.4 is 10.6 Å². The fraction of sp³-hybridized carbons (Fsp3) is 0.368. The summed E-state index contributed by atoms with van der Waals surface area (Å²) >= 11 is 7.52. The van der Waals surface area contributed by atoms with E-state index in [9.17, 15) is 9.59 Å². The molecule has 140 valence electrons. The van der Waals surface area contributed by atoms with Gasteiger partial charge in [0.15, 0.2) is 0 Å². The van der Waals surface area contributed by atoms with Gasteiger partial charge in [0.05, 0.1) is 6.04 Å². The first-order valence-corrected chi connectivity index (χ1v) is 9.60. The van der Waals surface area contributed by atoms with E-state index in [0.29, 0.717) is 5.02 Å². The summed E-state index contributed by atoms with van der Waals surface area (Å²) in [5.41, 5.74) is 1.39. The second-order valence-electron chi connectivity index (χ2n) is 6.79. The predicted octanol–water partition coefficient (Wildman–Crippen LogP) is 4.52. The molecule has 0 saturated carbocycles. The molecule has 2 rings (SSSR count). The van der Waals surface area contributed by atoms with Crippen molar-refractivity contribution in [2.24, 2.45) is 0 Å². The first kappa shape index (κ1) is 20.3. The number of nitrogens with one attached hydrogen (secondary N) is 2. The zero-order chi connectivity index (χ0) is 19.2. The number of amides is 2. The molecule has 1 heterocycles. The summed E-state index contributed by atoms with van der Waals surface area (Å²) in [5.74, 6) is -0.160. The van der Waals surface area contributed by atoms with E-state index in [0.717, 1.165) is 11.1 Å². The van der Waals surface area contributed by atoms with Crippen LogP contribution in [0.1, 0.15) is 44.4 Å². The second kappa shape index (κ2) is 9.05. The fourth-order valence-corrected chi connectivity index (χ4v) is 3.09. The Labute approximate surface area is 162 Å². The minimum absolute atomic E-state index is 0.160. The fourth-order valence-electron chi connectivity index (χ4n) is 2.28. The molecule has 0 aliphatic rings. The lowest BCUT2D eigenvalue weighted by Gasteiger charge is -2.20. The third-order valence-electron chi connectivity index (χ3n) is 3.41.